The smallest absolute Gasteiger partial charge is 0.101 e. The second-order valence-corrected chi connectivity index (χ2v) is 4.88. The van der Waals surface area contributed by atoms with Gasteiger partial charge in [0.2, 0.25) is 0 Å². The van der Waals surface area contributed by atoms with Crippen molar-refractivity contribution in [1.82, 2.24) is 0 Å². The van der Waals surface area contributed by atoms with Crippen molar-refractivity contribution in [3.63, 3.8) is 0 Å². The lowest BCUT2D eigenvalue weighted by atomic mass is 10.0. The normalized spacial score (nSPS) is 23.1. The lowest BCUT2D eigenvalue weighted by Crippen LogP contribution is -2.35. The van der Waals surface area contributed by atoms with Crippen LogP contribution in [0.3, 0.4) is 0 Å². The molecule has 0 spiro atoms. The van der Waals surface area contributed by atoms with Crippen molar-refractivity contribution in [1.29, 1.82) is 5.26 Å². The molecule has 1 fully saturated rings. The highest BCUT2D eigenvalue weighted by Gasteiger charge is 2.31. The van der Waals surface area contributed by atoms with Crippen LogP contribution in [0.5, 0.6) is 0 Å². The van der Waals surface area contributed by atoms with Gasteiger partial charge in [-0.25, -0.2) is 0 Å². The number of nitrogens with two attached hydrogens (primary N) is 1. The summed E-state index contributed by atoms with van der Waals surface area (Å²) in [7, 11) is 0. The lowest BCUT2D eigenvalue weighted by molar-refractivity contribution is 0.244. The fourth-order valence-corrected chi connectivity index (χ4v) is 2.64. The number of hydrogen-bond acceptors (Lipinski definition) is 4. The van der Waals surface area contributed by atoms with E-state index in [-0.39, 0.29) is 12.6 Å². The average Bonchev–Trinajstić information content (AvgIpc) is 2.78. The molecular weight excluding hydrogens is 226 g/mol. The molecule has 1 aliphatic heterocycles. The van der Waals surface area contributed by atoms with E-state index in [0.29, 0.717) is 18.0 Å². The highest BCUT2D eigenvalue weighted by atomic mass is 16.3. The molecule has 1 aliphatic rings. The topological polar surface area (TPSA) is 73.3 Å². The van der Waals surface area contributed by atoms with E-state index in [9.17, 15) is 10.4 Å². The monoisotopic (exact) mass is 245 g/mol. The Hall–Kier alpha value is -1.57. The molecule has 0 radical (unpaired) electrons. The van der Waals surface area contributed by atoms with Gasteiger partial charge in [-0.15, -0.1) is 0 Å². The van der Waals surface area contributed by atoms with E-state index in [1.165, 1.54) is 0 Å². The molecule has 4 nitrogen and oxygen atoms in total. The number of aliphatic hydroxyl groups excluding tert-OH is 1. The molecule has 1 aromatic rings. The van der Waals surface area contributed by atoms with Gasteiger partial charge in [0, 0.05) is 13.1 Å². The molecule has 0 aliphatic carbocycles. The fraction of sp³-hybridized carbons (Fsp3) is 0.500. The van der Waals surface area contributed by atoms with Gasteiger partial charge in [0.1, 0.15) is 6.07 Å². The van der Waals surface area contributed by atoms with E-state index in [1.807, 2.05) is 18.2 Å². The van der Waals surface area contributed by atoms with Gasteiger partial charge in [0.05, 0.1) is 23.9 Å². The number of nitriles is 1. The number of nitrogens with zero attached hydrogens (tertiary/aromatic N) is 2. The summed E-state index contributed by atoms with van der Waals surface area (Å²) in [6.07, 6.45) is 1.05. The van der Waals surface area contributed by atoms with Crippen molar-refractivity contribution in [3.05, 3.63) is 29.3 Å². The fourth-order valence-electron chi connectivity index (χ4n) is 2.64. The largest absolute Gasteiger partial charge is 0.394 e. The van der Waals surface area contributed by atoms with E-state index in [4.69, 9.17) is 5.73 Å². The Bertz CT molecular complexity index is 467. The highest BCUT2D eigenvalue weighted by Crippen LogP contribution is 2.32. The van der Waals surface area contributed by atoms with Crippen LogP contribution in [0.2, 0.25) is 0 Å². The first-order chi connectivity index (χ1) is 8.71. The lowest BCUT2D eigenvalue weighted by Gasteiger charge is -2.28. The minimum absolute atomic E-state index is 0.112. The molecule has 1 saturated heterocycles. The molecule has 18 heavy (non-hydrogen) atoms. The van der Waals surface area contributed by atoms with Gasteiger partial charge >= 0.3 is 0 Å². The second kappa shape index (κ2) is 5.38. The van der Waals surface area contributed by atoms with E-state index in [2.05, 4.69) is 17.9 Å². The summed E-state index contributed by atoms with van der Waals surface area (Å²) in [5.41, 5.74) is 8.11. The Morgan fingerprint density at radius 2 is 2.33 bits per heavy atom. The quantitative estimate of drug-likeness (QED) is 0.840. The minimum Gasteiger partial charge on any atom is -0.394 e. The Labute approximate surface area is 108 Å². The molecular formula is C14H19N3O. The molecule has 0 saturated carbocycles. The van der Waals surface area contributed by atoms with E-state index in [1.54, 1.807) is 0 Å². The Kier molecular flexibility index (Phi) is 3.85. The number of benzene rings is 1. The standard InChI is InChI=1S/C14H19N3O/c1-10-4-5-17(14(10)9-18)13-3-2-11(7-15)6-12(13)8-16/h2-3,6,10,14,18H,4-5,7,9,15H2,1H3. The van der Waals surface area contributed by atoms with Crippen molar-refractivity contribution >= 4 is 5.69 Å². The van der Waals surface area contributed by atoms with Crippen molar-refractivity contribution in [2.45, 2.75) is 25.9 Å². The van der Waals surface area contributed by atoms with Gasteiger partial charge < -0.3 is 15.7 Å². The van der Waals surface area contributed by atoms with Gasteiger partial charge in [-0.3, -0.25) is 0 Å². The number of hydrogen-bond donors (Lipinski definition) is 2. The van der Waals surface area contributed by atoms with Crippen molar-refractivity contribution in [2.75, 3.05) is 18.1 Å². The van der Waals surface area contributed by atoms with Gasteiger partial charge in [0.15, 0.2) is 0 Å². The molecule has 96 valence electrons. The van der Waals surface area contributed by atoms with Crippen LogP contribution in [0.4, 0.5) is 5.69 Å². The molecule has 3 N–H and O–H groups in total. The number of aliphatic hydroxyl groups is 1. The average molecular weight is 245 g/mol. The highest BCUT2D eigenvalue weighted by molar-refractivity contribution is 5.61. The minimum atomic E-state index is 0.112. The molecule has 2 atom stereocenters. The SMILES string of the molecule is CC1CCN(c2ccc(CN)cc2C#N)C1CO. The molecule has 0 aromatic heterocycles. The van der Waals surface area contributed by atoms with Crippen LogP contribution < -0.4 is 10.6 Å². The molecule has 4 heteroatoms. The summed E-state index contributed by atoms with van der Waals surface area (Å²) in [5, 5.41) is 18.7. The van der Waals surface area contributed by atoms with E-state index in [0.717, 1.165) is 24.2 Å². The number of anilines is 1. The first-order valence-electron chi connectivity index (χ1n) is 6.31. The van der Waals surface area contributed by atoms with Crippen molar-refractivity contribution < 1.29 is 5.11 Å². The third kappa shape index (κ3) is 2.20. The van der Waals surface area contributed by atoms with Crippen LogP contribution in [0.25, 0.3) is 0 Å². The Morgan fingerprint density at radius 3 is 2.94 bits per heavy atom. The van der Waals surface area contributed by atoms with Crippen molar-refractivity contribution in [2.24, 2.45) is 11.7 Å². The van der Waals surface area contributed by atoms with Gasteiger partial charge in [-0.2, -0.15) is 5.26 Å². The van der Waals surface area contributed by atoms with Gasteiger partial charge in [-0.05, 0) is 30.0 Å². The summed E-state index contributed by atoms with van der Waals surface area (Å²) in [6.45, 7) is 3.60. The van der Waals surface area contributed by atoms with Gasteiger partial charge in [-0.1, -0.05) is 13.0 Å². The maximum atomic E-state index is 9.49. The first-order valence-corrected chi connectivity index (χ1v) is 6.31. The van der Waals surface area contributed by atoms with Crippen LogP contribution in [0, 0.1) is 17.2 Å². The zero-order chi connectivity index (χ0) is 13.1. The summed E-state index contributed by atoms with van der Waals surface area (Å²) in [5.74, 6) is 0.454. The summed E-state index contributed by atoms with van der Waals surface area (Å²) in [6, 6.07) is 8.08. The van der Waals surface area contributed by atoms with Crippen LogP contribution >= 0.6 is 0 Å². The predicted octanol–water partition coefficient (Wildman–Crippen LogP) is 1.22. The second-order valence-electron chi connectivity index (χ2n) is 4.88. The molecule has 1 aromatic carbocycles. The Morgan fingerprint density at radius 1 is 1.56 bits per heavy atom. The maximum absolute atomic E-state index is 9.49. The maximum Gasteiger partial charge on any atom is 0.101 e. The number of rotatable bonds is 3. The molecule has 2 unspecified atom stereocenters. The van der Waals surface area contributed by atoms with Crippen LogP contribution in [0.1, 0.15) is 24.5 Å². The van der Waals surface area contributed by atoms with E-state index >= 15 is 0 Å². The summed E-state index contributed by atoms with van der Waals surface area (Å²) >= 11 is 0. The molecule has 2 rings (SSSR count). The van der Waals surface area contributed by atoms with E-state index < -0.39 is 0 Å². The predicted molar refractivity (Wildman–Crippen MR) is 71.0 cm³/mol. The zero-order valence-corrected chi connectivity index (χ0v) is 10.6. The summed E-state index contributed by atoms with van der Waals surface area (Å²) in [4.78, 5) is 2.14. The first kappa shape index (κ1) is 12.9. The molecule has 0 amide bonds. The van der Waals surface area contributed by atoms with Crippen LogP contribution in [-0.4, -0.2) is 24.3 Å². The van der Waals surface area contributed by atoms with Crippen LogP contribution in [-0.2, 0) is 6.54 Å². The molecule has 1 heterocycles. The third-order valence-corrected chi connectivity index (χ3v) is 3.80. The Balaban J connectivity index is 2.36. The van der Waals surface area contributed by atoms with Crippen molar-refractivity contribution in [3.8, 4) is 6.07 Å². The van der Waals surface area contributed by atoms with Crippen LogP contribution in [0.15, 0.2) is 18.2 Å². The zero-order valence-electron chi connectivity index (χ0n) is 10.6. The third-order valence-electron chi connectivity index (χ3n) is 3.80. The van der Waals surface area contributed by atoms with Gasteiger partial charge in [0.25, 0.3) is 0 Å². The summed E-state index contributed by atoms with van der Waals surface area (Å²) < 4.78 is 0. The molecule has 0 bridgehead atoms.